The van der Waals surface area contributed by atoms with Gasteiger partial charge in [0.25, 0.3) is 5.91 Å². The van der Waals surface area contributed by atoms with Crippen molar-refractivity contribution < 1.29 is 4.79 Å². The van der Waals surface area contributed by atoms with Crippen molar-refractivity contribution in [3.05, 3.63) is 47.9 Å². The summed E-state index contributed by atoms with van der Waals surface area (Å²) in [6, 6.07) is 6.82. The third-order valence-electron chi connectivity index (χ3n) is 2.60. The Balaban J connectivity index is 2.19. The fraction of sp³-hybridized carbons (Fsp3) is 0.214. The Labute approximate surface area is 111 Å². The average Bonchev–Trinajstić information content (AvgIpc) is 2.39. The predicted octanol–water partition coefficient (Wildman–Crippen LogP) is 2.26. The van der Waals surface area contributed by atoms with E-state index in [4.69, 9.17) is 5.73 Å². The fourth-order valence-corrected chi connectivity index (χ4v) is 1.76. The summed E-state index contributed by atoms with van der Waals surface area (Å²) < 4.78 is 0. The van der Waals surface area contributed by atoms with Crippen LogP contribution in [0, 0.1) is 0 Å². The third kappa shape index (κ3) is 3.51. The zero-order valence-corrected chi connectivity index (χ0v) is 10.8. The first-order valence-corrected chi connectivity index (χ1v) is 6.17. The molecule has 3 N–H and O–H groups in total. The molecule has 0 aliphatic rings. The second-order valence-electron chi connectivity index (χ2n) is 4.21. The molecule has 0 aliphatic carbocycles. The number of aryl methyl sites for hydroxylation is 1. The van der Waals surface area contributed by atoms with Crippen LogP contribution in [-0.4, -0.2) is 15.9 Å². The molecule has 19 heavy (non-hydrogen) atoms. The highest BCUT2D eigenvalue weighted by atomic mass is 16.1. The number of nitrogens with two attached hydrogens (primary N) is 1. The summed E-state index contributed by atoms with van der Waals surface area (Å²) in [7, 11) is 0. The standard InChI is InChI=1S/C14H16N4O/c1-2-3-12-8-10(9-13(15)17-12)14(19)18-11-4-6-16-7-5-11/h4-9H,2-3H2,1H3,(H2,15,17)(H,16,18,19). The van der Waals surface area contributed by atoms with Crippen LogP contribution in [0.25, 0.3) is 0 Å². The first kappa shape index (κ1) is 13.0. The zero-order chi connectivity index (χ0) is 13.7. The summed E-state index contributed by atoms with van der Waals surface area (Å²) in [4.78, 5) is 20.2. The smallest absolute Gasteiger partial charge is 0.255 e. The number of rotatable bonds is 4. The van der Waals surface area contributed by atoms with Gasteiger partial charge in [0.05, 0.1) is 0 Å². The van der Waals surface area contributed by atoms with Gasteiger partial charge in [-0.1, -0.05) is 13.3 Å². The van der Waals surface area contributed by atoms with E-state index in [1.54, 1.807) is 36.7 Å². The minimum atomic E-state index is -0.197. The molecular formula is C14H16N4O. The lowest BCUT2D eigenvalue weighted by atomic mass is 10.1. The summed E-state index contributed by atoms with van der Waals surface area (Å²) in [5.74, 6) is 0.170. The summed E-state index contributed by atoms with van der Waals surface area (Å²) in [6.45, 7) is 2.06. The van der Waals surface area contributed by atoms with Crippen LogP contribution in [0.5, 0.6) is 0 Å². The summed E-state index contributed by atoms with van der Waals surface area (Å²) in [5, 5.41) is 2.79. The molecule has 2 rings (SSSR count). The van der Waals surface area contributed by atoms with Crippen molar-refractivity contribution in [1.82, 2.24) is 9.97 Å². The van der Waals surface area contributed by atoms with Gasteiger partial charge in [-0.3, -0.25) is 9.78 Å². The van der Waals surface area contributed by atoms with Crippen LogP contribution in [-0.2, 0) is 6.42 Å². The van der Waals surface area contributed by atoms with Crippen LogP contribution < -0.4 is 11.1 Å². The molecule has 0 radical (unpaired) electrons. The van der Waals surface area contributed by atoms with E-state index >= 15 is 0 Å². The van der Waals surface area contributed by atoms with Gasteiger partial charge in [0.1, 0.15) is 5.82 Å². The molecule has 2 heterocycles. The number of nitrogens with zero attached hydrogens (tertiary/aromatic N) is 2. The van der Waals surface area contributed by atoms with E-state index in [0.717, 1.165) is 18.5 Å². The Kier molecular flexibility index (Phi) is 4.07. The van der Waals surface area contributed by atoms with E-state index in [0.29, 0.717) is 17.1 Å². The molecular weight excluding hydrogens is 240 g/mol. The average molecular weight is 256 g/mol. The Morgan fingerprint density at radius 1 is 1.32 bits per heavy atom. The molecule has 98 valence electrons. The predicted molar refractivity (Wildman–Crippen MR) is 74.8 cm³/mol. The summed E-state index contributed by atoms with van der Waals surface area (Å²) in [5.41, 5.74) is 7.78. The number of carbonyl (C=O) groups is 1. The number of nitrogen functional groups attached to an aromatic ring is 1. The van der Waals surface area contributed by atoms with Crippen LogP contribution in [0.4, 0.5) is 11.5 Å². The largest absolute Gasteiger partial charge is 0.384 e. The lowest BCUT2D eigenvalue weighted by Gasteiger charge is -2.07. The molecule has 5 nitrogen and oxygen atoms in total. The highest BCUT2D eigenvalue weighted by Crippen LogP contribution is 2.12. The van der Waals surface area contributed by atoms with Crippen molar-refractivity contribution in [3.63, 3.8) is 0 Å². The Bertz CT molecular complexity index is 569. The maximum absolute atomic E-state index is 12.1. The number of hydrogen-bond acceptors (Lipinski definition) is 4. The van der Waals surface area contributed by atoms with Crippen molar-refractivity contribution in [2.45, 2.75) is 19.8 Å². The quantitative estimate of drug-likeness (QED) is 0.879. The summed E-state index contributed by atoms with van der Waals surface area (Å²) in [6.07, 6.45) is 5.01. The van der Waals surface area contributed by atoms with E-state index in [2.05, 4.69) is 22.2 Å². The molecule has 0 aromatic carbocycles. The topological polar surface area (TPSA) is 80.9 Å². The molecule has 2 aromatic rings. The molecule has 0 unspecified atom stereocenters. The van der Waals surface area contributed by atoms with Crippen molar-refractivity contribution in [2.75, 3.05) is 11.1 Å². The van der Waals surface area contributed by atoms with Gasteiger partial charge < -0.3 is 11.1 Å². The maximum Gasteiger partial charge on any atom is 0.255 e. The van der Waals surface area contributed by atoms with Crippen LogP contribution >= 0.6 is 0 Å². The molecule has 0 bridgehead atoms. The Morgan fingerprint density at radius 2 is 2.05 bits per heavy atom. The molecule has 5 heteroatoms. The lowest BCUT2D eigenvalue weighted by Crippen LogP contribution is -2.13. The SMILES string of the molecule is CCCc1cc(C(=O)Nc2ccncc2)cc(N)n1. The first-order chi connectivity index (χ1) is 9.19. The van der Waals surface area contributed by atoms with Crippen LogP contribution in [0.1, 0.15) is 29.4 Å². The van der Waals surface area contributed by atoms with Crippen molar-refractivity contribution in [3.8, 4) is 0 Å². The highest BCUT2D eigenvalue weighted by molar-refractivity contribution is 6.04. The molecule has 0 aliphatic heterocycles. The van der Waals surface area contributed by atoms with Crippen molar-refractivity contribution in [1.29, 1.82) is 0 Å². The molecule has 0 saturated carbocycles. The second-order valence-corrected chi connectivity index (χ2v) is 4.21. The number of nitrogens with one attached hydrogen (secondary N) is 1. The second kappa shape index (κ2) is 5.95. The minimum absolute atomic E-state index is 0.197. The Morgan fingerprint density at radius 3 is 2.74 bits per heavy atom. The van der Waals surface area contributed by atoms with Gasteiger partial charge in [-0.15, -0.1) is 0 Å². The first-order valence-electron chi connectivity index (χ1n) is 6.17. The van der Waals surface area contributed by atoms with E-state index < -0.39 is 0 Å². The van der Waals surface area contributed by atoms with Crippen LogP contribution in [0.15, 0.2) is 36.7 Å². The molecule has 0 fully saturated rings. The monoisotopic (exact) mass is 256 g/mol. The number of anilines is 2. The third-order valence-corrected chi connectivity index (χ3v) is 2.60. The van der Waals surface area contributed by atoms with Gasteiger partial charge in [-0.25, -0.2) is 4.98 Å². The van der Waals surface area contributed by atoms with Crippen molar-refractivity contribution >= 4 is 17.4 Å². The molecule has 0 saturated heterocycles. The van der Waals surface area contributed by atoms with E-state index in [-0.39, 0.29) is 5.91 Å². The Hall–Kier alpha value is -2.43. The number of carbonyl (C=O) groups excluding carboxylic acids is 1. The number of hydrogen-bond donors (Lipinski definition) is 2. The fourth-order valence-electron chi connectivity index (χ4n) is 1.76. The van der Waals surface area contributed by atoms with Crippen molar-refractivity contribution in [2.24, 2.45) is 0 Å². The lowest BCUT2D eigenvalue weighted by molar-refractivity contribution is 0.102. The van der Waals surface area contributed by atoms with E-state index in [9.17, 15) is 4.79 Å². The van der Waals surface area contributed by atoms with E-state index in [1.165, 1.54) is 0 Å². The van der Waals surface area contributed by atoms with Gasteiger partial charge in [-0.05, 0) is 30.7 Å². The van der Waals surface area contributed by atoms with Crippen LogP contribution in [0.3, 0.4) is 0 Å². The summed E-state index contributed by atoms with van der Waals surface area (Å²) >= 11 is 0. The van der Waals surface area contributed by atoms with Gasteiger partial charge >= 0.3 is 0 Å². The van der Waals surface area contributed by atoms with Gasteiger partial charge in [-0.2, -0.15) is 0 Å². The molecule has 0 spiro atoms. The maximum atomic E-state index is 12.1. The molecule has 1 amide bonds. The highest BCUT2D eigenvalue weighted by Gasteiger charge is 2.09. The minimum Gasteiger partial charge on any atom is -0.384 e. The molecule has 0 atom stereocenters. The van der Waals surface area contributed by atoms with Gasteiger partial charge in [0, 0.05) is 29.3 Å². The van der Waals surface area contributed by atoms with Gasteiger partial charge in [0.15, 0.2) is 0 Å². The number of aromatic nitrogens is 2. The number of pyridine rings is 2. The molecule has 2 aromatic heterocycles. The zero-order valence-electron chi connectivity index (χ0n) is 10.8. The van der Waals surface area contributed by atoms with E-state index in [1.807, 2.05) is 0 Å². The van der Waals surface area contributed by atoms with Gasteiger partial charge in [0.2, 0.25) is 0 Å². The normalized spacial score (nSPS) is 10.2. The number of amides is 1. The van der Waals surface area contributed by atoms with Crippen LogP contribution in [0.2, 0.25) is 0 Å².